The average Bonchev–Trinajstić information content (AvgIpc) is 2.88. The molecule has 1 unspecified atom stereocenters. The highest BCUT2D eigenvalue weighted by Gasteiger charge is 2.33. The van der Waals surface area contributed by atoms with Crippen molar-refractivity contribution >= 4 is 10.0 Å². The van der Waals surface area contributed by atoms with Crippen LogP contribution in [0.1, 0.15) is 17.5 Å². The van der Waals surface area contributed by atoms with Gasteiger partial charge in [0.1, 0.15) is 0 Å². The van der Waals surface area contributed by atoms with Gasteiger partial charge in [-0.3, -0.25) is 0 Å². The maximum atomic E-state index is 12.6. The van der Waals surface area contributed by atoms with Crippen LogP contribution in [0.3, 0.4) is 0 Å². The van der Waals surface area contributed by atoms with E-state index in [1.165, 1.54) is 4.31 Å². The number of sulfonamides is 1. The van der Waals surface area contributed by atoms with Crippen LogP contribution in [0.25, 0.3) is 0 Å². The van der Waals surface area contributed by atoms with Crippen LogP contribution >= 0.6 is 0 Å². The molecule has 106 valence electrons. The maximum absolute atomic E-state index is 12.6. The Morgan fingerprint density at radius 2 is 2.21 bits per heavy atom. The first-order valence-electron chi connectivity index (χ1n) is 6.31. The lowest BCUT2D eigenvalue weighted by Gasteiger charge is -2.18. The number of ether oxygens (including phenoxy) is 1. The number of benzene rings is 1. The van der Waals surface area contributed by atoms with Gasteiger partial charge >= 0.3 is 0 Å². The molecule has 1 heterocycles. The van der Waals surface area contributed by atoms with E-state index in [9.17, 15) is 8.42 Å². The first-order chi connectivity index (χ1) is 8.98. The van der Waals surface area contributed by atoms with Gasteiger partial charge in [0.15, 0.2) is 0 Å². The van der Waals surface area contributed by atoms with Gasteiger partial charge in [-0.15, -0.1) is 0 Å². The van der Waals surface area contributed by atoms with E-state index in [1.807, 2.05) is 6.07 Å². The average molecular weight is 284 g/mol. The molecule has 0 spiro atoms. The first-order valence-corrected chi connectivity index (χ1v) is 7.75. The monoisotopic (exact) mass is 284 g/mol. The largest absolute Gasteiger partial charge is 0.380 e. The van der Waals surface area contributed by atoms with Gasteiger partial charge < -0.3 is 10.5 Å². The van der Waals surface area contributed by atoms with Crippen LogP contribution in [-0.2, 0) is 21.3 Å². The molecule has 0 aromatic heterocycles. The summed E-state index contributed by atoms with van der Waals surface area (Å²) in [5, 5.41) is 0. The molecule has 19 heavy (non-hydrogen) atoms. The van der Waals surface area contributed by atoms with Gasteiger partial charge in [0.05, 0.1) is 11.0 Å². The third-order valence-electron chi connectivity index (χ3n) is 3.55. The summed E-state index contributed by atoms with van der Waals surface area (Å²) in [6.07, 6.45) is 0.735. The van der Waals surface area contributed by atoms with Gasteiger partial charge in [-0.05, 0) is 30.5 Å². The number of nitrogens with two attached hydrogens (primary N) is 1. The number of hydrogen-bond donors (Lipinski definition) is 1. The lowest BCUT2D eigenvalue weighted by atomic mass is 10.1. The second-order valence-electron chi connectivity index (χ2n) is 4.81. The van der Waals surface area contributed by atoms with Crippen LogP contribution in [0.4, 0.5) is 0 Å². The molecule has 1 fully saturated rings. The van der Waals surface area contributed by atoms with Gasteiger partial charge in [-0.25, -0.2) is 8.42 Å². The minimum Gasteiger partial charge on any atom is -0.380 e. The third kappa shape index (κ3) is 2.81. The van der Waals surface area contributed by atoms with E-state index in [1.54, 1.807) is 26.2 Å². The van der Waals surface area contributed by atoms with Gasteiger partial charge in [0.25, 0.3) is 0 Å². The molecule has 2 N–H and O–H groups in total. The van der Waals surface area contributed by atoms with Crippen molar-refractivity contribution in [3.05, 3.63) is 29.3 Å². The SMILES string of the molecule is COC1CCN(S(=O)(=O)c2cc(CN)ccc2C)C1. The minimum atomic E-state index is -3.45. The predicted molar refractivity (Wildman–Crippen MR) is 73.2 cm³/mol. The minimum absolute atomic E-state index is 0.00669. The van der Waals surface area contributed by atoms with E-state index in [2.05, 4.69) is 0 Å². The molecule has 1 atom stereocenters. The highest BCUT2D eigenvalue weighted by atomic mass is 32.2. The zero-order chi connectivity index (χ0) is 14.0. The van der Waals surface area contributed by atoms with Crippen molar-refractivity contribution in [2.75, 3.05) is 20.2 Å². The molecule has 5 nitrogen and oxygen atoms in total. The summed E-state index contributed by atoms with van der Waals surface area (Å²) in [6.45, 7) is 3.07. The molecule has 2 rings (SSSR count). The Labute approximate surface area is 114 Å². The molecule has 0 amide bonds. The Bertz CT molecular complexity index is 557. The van der Waals surface area contributed by atoms with E-state index in [4.69, 9.17) is 10.5 Å². The molecular formula is C13H20N2O3S. The van der Waals surface area contributed by atoms with Crippen molar-refractivity contribution in [1.82, 2.24) is 4.31 Å². The highest BCUT2D eigenvalue weighted by molar-refractivity contribution is 7.89. The number of hydrogen-bond acceptors (Lipinski definition) is 4. The topological polar surface area (TPSA) is 72.6 Å². The van der Waals surface area contributed by atoms with E-state index in [-0.39, 0.29) is 6.10 Å². The molecule has 0 saturated carbocycles. The third-order valence-corrected chi connectivity index (χ3v) is 5.55. The maximum Gasteiger partial charge on any atom is 0.243 e. The summed E-state index contributed by atoms with van der Waals surface area (Å²) in [6, 6.07) is 5.33. The Balaban J connectivity index is 2.34. The van der Waals surface area contributed by atoms with Gasteiger partial charge in [0, 0.05) is 26.7 Å². The quantitative estimate of drug-likeness (QED) is 0.890. The molecule has 1 saturated heterocycles. The second kappa shape index (κ2) is 5.58. The fraction of sp³-hybridized carbons (Fsp3) is 0.538. The zero-order valence-electron chi connectivity index (χ0n) is 11.3. The Morgan fingerprint density at radius 3 is 2.79 bits per heavy atom. The van der Waals surface area contributed by atoms with Crippen LogP contribution in [0.2, 0.25) is 0 Å². The van der Waals surface area contributed by atoms with Gasteiger partial charge in [-0.2, -0.15) is 4.31 Å². The summed E-state index contributed by atoms with van der Waals surface area (Å²) in [7, 11) is -1.84. The fourth-order valence-corrected chi connectivity index (χ4v) is 4.06. The van der Waals surface area contributed by atoms with Crippen molar-refractivity contribution in [2.45, 2.75) is 30.9 Å². The Kier molecular flexibility index (Phi) is 4.25. The fourth-order valence-electron chi connectivity index (χ4n) is 2.30. The smallest absolute Gasteiger partial charge is 0.243 e. The highest BCUT2D eigenvalue weighted by Crippen LogP contribution is 2.25. The molecule has 1 aromatic rings. The van der Waals surface area contributed by atoms with Crippen molar-refractivity contribution in [3.8, 4) is 0 Å². The standard InChI is InChI=1S/C13H20N2O3S/c1-10-3-4-11(8-14)7-13(10)19(16,17)15-6-5-12(9-15)18-2/h3-4,7,12H,5-6,8-9,14H2,1-2H3. The number of nitrogens with zero attached hydrogens (tertiary/aromatic N) is 1. The van der Waals surface area contributed by atoms with Crippen LogP contribution in [0, 0.1) is 6.92 Å². The van der Waals surface area contributed by atoms with Crippen molar-refractivity contribution in [3.63, 3.8) is 0 Å². The van der Waals surface area contributed by atoms with Crippen LogP contribution in [0.15, 0.2) is 23.1 Å². The summed E-state index contributed by atoms with van der Waals surface area (Å²) >= 11 is 0. The molecule has 0 radical (unpaired) electrons. The van der Waals surface area contributed by atoms with Gasteiger partial charge in [0.2, 0.25) is 10.0 Å². The van der Waals surface area contributed by atoms with Crippen LogP contribution in [-0.4, -0.2) is 39.0 Å². The molecular weight excluding hydrogens is 264 g/mol. The molecule has 6 heteroatoms. The molecule has 0 aliphatic carbocycles. The summed E-state index contributed by atoms with van der Waals surface area (Å²) in [5.41, 5.74) is 7.15. The van der Waals surface area contributed by atoms with Crippen molar-refractivity contribution in [1.29, 1.82) is 0 Å². The Morgan fingerprint density at radius 1 is 1.47 bits per heavy atom. The normalized spacial score (nSPS) is 20.9. The summed E-state index contributed by atoms with van der Waals surface area (Å²) in [4.78, 5) is 0.354. The van der Waals surface area contributed by atoms with E-state index >= 15 is 0 Å². The molecule has 1 aliphatic heterocycles. The number of aryl methyl sites for hydroxylation is 1. The second-order valence-corrected chi connectivity index (χ2v) is 6.72. The molecule has 1 aliphatic rings. The summed E-state index contributed by atoms with van der Waals surface area (Å²) in [5.74, 6) is 0. The summed E-state index contributed by atoms with van der Waals surface area (Å²) < 4.78 is 31.9. The van der Waals surface area contributed by atoms with Crippen molar-refractivity contribution < 1.29 is 13.2 Å². The van der Waals surface area contributed by atoms with Gasteiger partial charge in [-0.1, -0.05) is 12.1 Å². The van der Waals surface area contributed by atoms with Crippen LogP contribution < -0.4 is 5.73 Å². The number of methoxy groups -OCH3 is 1. The predicted octanol–water partition coefficient (Wildman–Crippen LogP) is 0.863. The van der Waals surface area contributed by atoms with E-state index < -0.39 is 10.0 Å². The molecule has 1 aromatic carbocycles. The first kappa shape index (κ1) is 14.5. The number of rotatable bonds is 4. The lowest BCUT2D eigenvalue weighted by Crippen LogP contribution is -2.30. The van der Waals surface area contributed by atoms with Crippen LogP contribution in [0.5, 0.6) is 0 Å². The molecule has 0 bridgehead atoms. The van der Waals surface area contributed by atoms with Crippen molar-refractivity contribution in [2.24, 2.45) is 5.73 Å². The van der Waals surface area contributed by atoms with E-state index in [0.29, 0.717) is 24.5 Å². The zero-order valence-corrected chi connectivity index (χ0v) is 12.1. The lowest BCUT2D eigenvalue weighted by molar-refractivity contribution is 0.115. The Hall–Kier alpha value is -0.950. The van der Waals surface area contributed by atoms with E-state index in [0.717, 1.165) is 17.5 Å².